The van der Waals surface area contributed by atoms with Gasteiger partial charge in [0.2, 0.25) is 11.8 Å². The van der Waals surface area contributed by atoms with E-state index in [0.717, 1.165) is 10.4 Å². The molecule has 122 valence electrons. The number of hydrogen-bond donors (Lipinski definition) is 3. The van der Waals surface area contributed by atoms with Crippen molar-refractivity contribution < 1.29 is 24.3 Å². The summed E-state index contributed by atoms with van der Waals surface area (Å²) in [4.78, 5) is 48.9. The van der Waals surface area contributed by atoms with Crippen molar-refractivity contribution in [2.24, 2.45) is 0 Å². The highest BCUT2D eigenvalue weighted by molar-refractivity contribution is 7.10. The molecule has 3 N–H and O–H groups in total. The van der Waals surface area contributed by atoms with Gasteiger partial charge in [0.25, 0.3) is 5.91 Å². The molecule has 4 amide bonds. The maximum Gasteiger partial charge on any atom is 0.404 e. The molecule has 3 rings (SSSR count). The van der Waals surface area contributed by atoms with Crippen molar-refractivity contribution in [2.45, 2.75) is 38.4 Å². The van der Waals surface area contributed by atoms with Crippen LogP contribution in [0.15, 0.2) is 5.38 Å². The van der Waals surface area contributed by atoms with Gasteiger partial charge in [-0.25, -0.2) is 4.79 Å². The number of fused-ring (bicyclic) bond motifs is 1. The SMILES string of the molecule is O=C(O)NCc1scc2c1CN(C1CCCC(=O)NC1=O)C2=O. The van der Waals surface area contributed by atoms with Crippen LogP contribution in [0.25, 0.3) is 0 Å². The third-order valence-electron chi connectivity index (χ3n) is 4.02. The van der Waals surface area contributed by atoms with Gasteiger partial charge in [-0.05, 0) is 18.4 Å². The van der Waals surface area contributed by atoms with Crippen molar-refractivity contribution in [2.75, 3.05) is 0 Å². The van der Waals surface area contributed by atoms with Gasteiger partial charge in [-0.2, -0.15) is 0 Å². The van der Waals surface area contributed by atoms with E-state index >= 15 is 0 Å². The Hall–Kier alpha value is -2.42. The standard InChI is InChI=1S/C14H15N3O5S/c18-11-3-1-2-9(12(19)16-11)17-5-7-8(13(17)20)6-23-10(7)4-15-14(21)22/h6,9,15H,1-5H2,(H,21,22)(H,16,18,19). The summed E-state index contributed by atoms with van der Waals surface area (Å²) >= 11 is 1.32. The molecule has 0 aliphatic carbocycles. The summed E-state index contributed by atoms with van der Waals surface area (Å²) in [6.45, 7) is 0.395. The second-order valence-corrected chi connectivity index (χ2v) is 6.43. The lowest BCUT2D eigenvalue weighted by molar-refractivity contribution is -0.132. The molecule has 3 heterocycles. The molecule has 0 saturated carbocycles. The average Bonchev–Trinajstić information content (AvgIpc) is 2.97. The molecule has 0 aromatic carbocycles. The van der Waals surface area contributed by atoms with Crippen molar-refractivity contribution >= 4 is 35.2 Å². The molecule has 1 unspecified atom stereocenters. The van der Waals surface area contributed by atoms with E-state index in [9.17, 15) is 19.2 Å². The Balaban J connectivity index is 1.79. The minimum Gasteiger partial charge on any atom is -0.465 e. The zero-order valence-electron chi connectivity index (χ0n) is 12.1. The molecule has 1 atom stereocenters. The quantitative estimate of drug-likeness (QED) is 0.701. The number of imide groups is 1. The molecular formula is C14H15N3O5S. The van der Waals surface area contributed by atoms with Gasteiger partial charge >= 0.3 is 6.09 Å². The molecule has 2 aliphatic heterocycles. The van der Waals surface area contributed by atoms with Gasteiger partial charge in [0.15, 0.2) is 0 Å². The lowest BCUT2D eigenvalue weighted by Gasteiger charge is -2.25. The van der Waals surface area contributed by atoms with Crippen LogP contribution in [0.1, 0.15) is 40.1 Å². The summed E-state index contributed by atoms with van der Waals surface area (Å²) in [5.41, 5.74) is 1.28. The zero-order valence-corrected chi connectivity index (χ0v) is 12.9. The minimum absolute atomic E-state index is 0.131. The maximum atomic E-state index is 12.5. The van der Waals surface area contributed by atoms with Crippen LogP contribution in [0.2, 0.25) is 0 Å². The maximum absolute atomic E-state index is 12.5. The van der Waals surface area contributed by atoms with Gasteiger partial charge in [-0.1, -0.05) is 0 Å². The topological polar surface area (TPSA) is 116 Å². The molecule has 1 aromatic heterocycles. The van der Waals surface area contributed by atoms with Gasteiger partial charge < -0.3 is 15.3 Å². The Kier molecular flexibility index (Phi) is 4.03. The fourth-order valence-corrected chi connectivity index (χ4v) is 3.87. The van der Waals surface area contributed by atoms with E-state index in [1.54, 1.807) is 5.38 Å². The third-order valence-corrected chi connectivity index (χ3v) is 5.05. The molecule has 0 spiro atoms. The van der Waals surface area contributed by atoms with Gasteiger partial charge in [0.1, 0.15) is 6.04 Å². The van der Waals surface area contributed by atoms with Crippen LogP contribution in [0, 0.1) is 0 Å². The molecule has 1 aromatic rings. The number of hydrogen-bond acceptors (Lipinski definition) is 5. The van der Waals surface area contributed by atoms with Gasteiger partial charge in [0.05, 0.1) is 12.1 Å². The number of nitrogens with one attached hydrogen (secondary N) is 2. The van der Waals surface area contributed by atoms with Crippen molar-refractivity contribution in [3.63, 3.8) is 0 Å². The predicted octanol–water partition coefficient (Wildman–Crippen LogP) is 0.667. The van der Waals surface area contributed by atoms with Crippen LogP contribution in [0.3, 0.4) is 0 Å². The summed E-state index contributed by atoms with van der Waals surface area (Å²) in [5, 5.41) is 15.0. The smallest absolute Gasteiger partial charge is 0.404 e. The van der Waals surface area contributed by atoms with E-state index in [1.807, 2.05) is 0 Å². The molecule has 1 fully saturated rings. The highest BCUT2D eigenvalue weighted by Crippen LogP contribution is 2.33. The van der Waals surface area contributed by atoms with Gasteiger partial charge in [-0.15, -0.1) is 11.3 Å². The first kappa shape index (κ1) is 15.5. The Morgan fingerprint density at radius 3 is 2.96 bits per heavy atom. The molecule has 9 heteroatoms. The lowest BCUT2D eigenvalue weighted by atomic mass is 10.1. The first-order chi connectivity index (χ1) is 11.0. The number of carboxylic acid groups (broad SMARTS) is 1. The van der Waals surface area contributed by atoms with E-state index < -0.39 is 18.0 Å². The summed E-state index contributed by atoms with van der Waals surface area (Å²) in [5.74, 6) is -1.00. The summed E-state index contributed by atoms with van der Waals surface area (Å²) in [6.07, 6.45) is 0.140. The van der Waals surface area contributed by atoms with Crippen LogP contribution in [0.5, 0.6) is 0 Å². The van der Waals surface area contributed by atoms with E-state index in [1.165, 1.54) is 16.2 Å². The first-order valence-corrected chi connectivity index (χ1v) is 8.06. The molecule has 0 bridgehead atoms. The van der Waals surface area contributed by atoms with Gasteiger partial charge in [0, 0.05) is 23.2 Å². The van der Waals surface area contributed by atoms with Crippen molar-refractivity contribution in [3.8, 4) is 0 Å². The monoisotopic (exact) mass is 337 g/mol. The van der Waals surface area contributed by atoms with E-state index in [0.29, 0.717) is 18.4 Å². The van der Waals surface area contributed by atoms with E-state index in [-0.39, 0.29) is 31.3 Å². The number of rotatable bonds is 3. The van der Waals surface area contributed by atoms with Crippen molar-refractivity contribution in [3.05, 3.63) is 21.4 Å². The van der Waals surface area contributed by atoms with Crippen LogP contribution >= 0.6 is 11.3 Å². The highest BCUT2D eigenvalue weighted by atomic mass is 32.1. The molecule has 1 saturated heterocycles. The van der Waals surface area contributed by atoms with Crippen molar-refractivity contribution in [1.82, 2.24) is 15.5 Å². The number of thiophene rings is 1. The first-order valence-electron chi connectivity index (χ1n) is 7.18. The number of carbonyl (C=O) groups excluding carboxylic acids is 3. The number of nitrogens with zero attached hydrogens (tertiary/aromatic N) is 1. The number of carbonyl (C=O) groups is 4. The van der Waals surface area contributed by atoms with Gasteiger partial charge in [-0.3, -0.25) is 19.7 Å². The Bertz CT molecular complexity index is 699. The zero-order chi connectivity index (χ0) is 16.6. The molecule has 23 heavy (non-hydrogen) atoms. The number of amides is 4. The highest BCUT2D eigenvalue weighted by Gasteiger charge is 2.39. The molecule has 2 aliphatic rings. The Morgan fingerprint density at radius 2 is 2.22 bits per heavy atom. The fraction of sp³-hybridized carbons (Fsp3) is 0.429. The largest absolute Gasteiger partial charge is 0.465 e. The lowest BCUT2D eigenvalue weighted by Crippen LogP contribution is -2.47. The second kappa shape index (κ2) is 5.99. The predicted molar refractivity (Wildman–Crippen MR) is 79.8 cm³/mol. The molecule has 8 nitrogen and oxygen atoms in total. The van der Waals surface area contributed by atoms with Crippen LogP contribution in [-0.4, -0.2) is 39.9 Å². The second-order valence-electron chi connectivity index (χ2n) is 5.46. The third kappa shape index (κ3) is 2.91. The molecular weight excluding hydrogens is 322 g/mol. The van der Waals surface area contributed by atoms with E-state index in [4.69, 9.17) is 5.11 Å². The Labute approximate surface area is 135 Å². The average molecular weight is 337 g/mol. The van der Waals surface area contributed by atoms with Crippen molar-refractivity contribution in [1.29, 1.82) is 0 Å². The van der Waals surface area contributed by atoms with E-state index in [2.05, 4.69) is 10.6 Å². The minimum atomic E-state index is -1.13. The van der Waals surface area contributed by atoms with Crippen LogP contribution in [-0.2, 0) is 22.7 Å². The Morgan fingerprint density at radius 1 is 1.43 bits per heavy atom. The fourth-order valence-electron chi connectivity index (χ4n) is 2.90. The van der Waals surface area contributed by atoms with Crippen LogP contribution < -0.4 is 10.6 Å². The molecule has 0 radical (unpaired) electrons. The summed E-state index contributed by atoms with van der Waals surface area (Å²) in [7, 11) is 0. The van der Waals surface area contributed by atoms with Crippen LogP contribution in [0.4, 0.5) is 4.79 Å². The summed E-state index contributed by atoms with van der Waals surface area (Å²) < 4.78 is 0. The normalized spacial score (nSPS) is 21.0. The summed E-state index contributed by atoms with van der Waals surface area (Å²) in [6, 6.07) is -0.661.